The molecule has 2 aromatic carbocycles. The van der Waals surface area contributed by atoms with Crippen LogP contribution in [0.5, 0.6) is 0 Å². The maximum Gasteiger partial charge on any atom is 0.263 e. The van der Waals surface area contributed by atoms with Crippen molar-refractivity contribution in [3.63, 3.8) is 0 Å². The molecule has 2 heterocycles. The van der Waals surface area contributed by atoms with Gasteiger partial charge in [-0.1, -0.05) is 58.3 Å². The quantitative estimate of drug-likeness (QED) is 0.103. The summed E-state index contributed by atoms with van der Waals surface area (Å²) in [6.07, 6.45) is 11.2. The number of nitrogens with zero attached hydrogens (tertiary/aromatic N) is 1. The fraction of sp³-hybridized carbons (Fsp3) is 0.548. The number of thioether (sulfide) groups is 1. The van der Waals surface area contributed by atoms with E-state index in [1.54, 1.807) is 43.6 Å². The van der Waals surface area contributed by atoms with Crippen LogP contribution in [0.2, 0.25) is 0 Å². The number of anilines is 1. The summed E-state index contributed by atoms with van der Waals surface area (Å²) in [4.78, 5) is 25.1. The molecule has 4 rings (SSSR count). The van der Waals surface area contributed by atoms with Gasteiger partial charge in [0, 0.05) is 46.0 Å². The molecule has 1 fully saturated rings. The highest BCUT2D eigenvalue weighted by atomic mass is 32.2. The van der Waals surface area contributed by atoms with Gasteiger partial charge in [0.15, 0.2) is 0 Å². The van der Waals surface area contributed by atoms with Crippen molar-refractivity contribution >= 4 is 61.2 Å². The summed E-state index contributed by atoms with van der Waals surface area (Å²) in [5.41, 5.74) is 3.31. The Hall–Kier alpha value is -2.60. The standard InChI is InChI=1S/C31H43N3O6S2/c1-4-5-6-7-8-9-10-11-12-13-28(35)32-22-14-16-24-25-21-23(15-17-26(25)40-27(24)20-22)42(38,39)34-18-19-41-31(2,3)29(34)30(36)33-37/h14-17,20-21,29,37H,4-13,18-19H2,1-3H3,(H,32,35)(H,33,36). The van der Waals surface area contributed by atoms with Gasteiger partial charge in [-0.25, -0.2) is 13.9 Å². The van der Waals surface area contributed by atoms with E-state index in [1.165, 1.54) is 60.7 Å². The van der Waals surface area contributed by atoms with E-state index in [1.807, 2.05) is 6.07 Å². The molecule has 3 aromatic rings. The number of unbranched alkanes of at least 4 members (excludes halogenated alkanes) is 8. The smallest absolute Gasteiger partial charge is 0.263 e. The Morgan fingerprint density at radius 3 is 2.36 bits per heavy atom. The van der Waals surface area contributed by atoms with Crippen molar-refractivity contribution in [1.82, 2.24) is 9.79 Å². The van der Waals surface area contributed by atoms with Gasteiger partial charge in [-0.05, 0) is 50.6 Å². The molecule has 0 aliphatic carbocycles. The number of hydroxylamine groups is 1. The lowest BCUT2D eigenvalue weighted by atomic mass is 10.0. The summed E-state index contributed by atoms with van der Waals surface area (Å²) in [5, 5.41) is 13.6. The maximum absolute atomic E-state index is 13.8. The summed E-state index contributed by atoms with van der Waals surface area (Å²) >= 11 is 1.49. The fourth-order valence-electron chi connectivity index (χ4n) is 5.67. The number of benzene rings is 2. The van der Waals surface area contributed by atoms with E-state index in [4.69, 9.17) is 4.42 Å². The van der Waals surface area contributed by atoms with Crippen LogP contribution in [0.1, 0.15) is 85.0 Å². The van der Waals surface area contributed by atoms with Crippen LogP contribution in [0.15, 0.2) is 45.7 Å². The number of carbonyl (C=O) groups is 2. The van der Waals surface area contributed by atoms with E-state index < -0.39 is 26.7 Å². The highest BCUT2D eigenvalue weighted by Crippen LogP contribution is 2.39. The zero-order valence-corrected chi connectivity index (χ0v) is 26.4. The molecule has 0 bridgehead atoms. The monoisotopic (exact) mass is 617 g/mol. The van der Waals surface area contributed by atoms with E-state index in [-0.39, 0.29) is 17.3 Å². The van der Waals surface area contributed by atoms with Crippen LogP contribution in [0.25, 0.3) is 21.9 Å². The van der Waals surface area contributed by atoms with Crippen LogP contribution in [0.3, 0.4) is 0 Å². The topological polar surface area (TPSA) is 129 Å². The van der Waals surface area contributed by atoms with Crippen molar-refractivity contribution in [3.8, 4) is 0 Å². The molecule has 9 nitrogen and oxygen atoms in total. The van der Waals surface area contributed by atoms with E-state index in [2.05, 4.69) is 12.2 Å². The Bertz CT molecular complexity index is 1500. The highest BCUT2D eigenvalue weighted by Gasteiger charge is 2.48. The molecule has 11 heteroatoms. The van der Waals surface area contributed by atoms with E-state index in [0.717, 1.165) is 24.6 Å². The summed E-state index contributed by atoms with van der Waals surface area (Å²) in [6, 6.07) is 8.91. The first-order valence-electron chi connectivity index (χ1n) is 14.9. The van der Waals surface area contributed by atoms with Crippen LogP contribution >= 0.6 is 11.8 Å². The van der Waals surface area contributed by atoms with E-state index >= 15 is 0 Å². The number of furan rings is 1. The second-order valence-electron chi connectivity index (χ2n) is 11.5. The molecule has 0 radical (unpaired) electrons. The molecule has 1 aliphatic rings. The Morgan fingerprint density at radius 1 is 0.976 bits per heavy atom. The second-order valence-corrected chi connectivity index (χ2v) is 15.2. The lowest BCUT2D eigenvalue weighted by Gasteiger charge is -2.43. The van der Waals surface area contributed by atoms with Gasteiger partial charge in [-0.3, -0.25) is 14.8 Å². The summed E-state index contributed by atoms with van der Waals surface area (Å²) < 4.78 is 33.9. The molecule has 0 saturated carbocycles. The number of nitrogens with one attached hydrogen (secondary N) is 2. The van der Waals surface area contributed by atoms with Gasteiger partial charge < -0.3 is 9.73 Å². The molecule has 1 unspecified atom stereocenters. The van der Waals surface area contributed by atoms with Crippen molar-refractivity contribution in [1.29, 1.82) is 0 Å². The minimum Gasteiger partial charge on any atom is -0.456 e. The van der Waals surface area contributed by atoms with Gasteiger partial charge in [-0.15, -0.1) is 0 Å². The Morgan fingerprint density at radius 2 is 1.67 bits per heavy atom. The molecule has 2 amide bonds. The van der Waals surface area contributed by atoms with Crippen molar-refractivity contribution in [3.05, 3.63) is 36.4 Å². The molecule has 0 spiro atoms. The first-order chi connectivity index (χ1) is 20.1. The number of fused-ring (bicyclic) bond motifs is 3. The van der Waals surface area contributed by atoms with Gasteiger partial charge in [0.1, 0.15) is 17.2 Å². The Labute approximate surface area is 252 Å². The lowest BCUT2D eigenvalue weighted by molar-refractivity contribution is -0.134. The Kier molecular flexibility index (Phi) is 11.0. The number of hydrogen-bond acceptors (Lipinski definition) is 7. The zero-order valence-electron chi connectivity index (χ0n) is 24.8. The number of sulfonamides is 1. The molecule has 42 heavy (non-hydrogen) atoms. The predicted molar refractivity (Wildman–Crippen MR) is 168 cm³/mol. The maximum atomic E-state index is 13.8. The van der Waals surface area contributed by atoms with Gasteiger partial charge >= 0.3 is 0 Å². The third kappa shape index (κ3) is 7.48. The van der Waals surface area contributed by atoms with Gasteiger partial charge in [0.25, 0.3) is 5.91 Å². The highest BCUT2D eigenvalue weighted by molar-refractivity contribution is 8.01. The Balaban J connectivity index is 1.43. The largest absolute Gasteiger partial charge is 0.456 e. The van der Waals surface area contributed by atoms with Crippen LogP contribution in [0.4, 0.5) is 5.69 Å². The molecule has 1 atom stereocenters. The third-order valence-corrected chi connectivity index (χ3v) is 11.1. The molecule has 1 aromatic heterocycles. The minimum atomic E-state index is -4.07. The molecule has 1 saturated heterocycles. The van der Waals surface area contributed by atoms with Crippen LogP contribution < -0.4 is 10.8 Å². The first kappa shape index (κ1) is 32.3. The average Bonchev–Trinajstić information content (AvgIpc) is 3.32. The summed E-state index contributed by atoms with van der Waals surface area (Å²) in [6.45, 7) is 5.94. The SMILES string of the molecule is CCCCCCCCCCCC(=O)Nc1ccc2c(c1)oc1ccc(S(=O)(=O)N3CCSC(C)(C)C3C(=O)NO)cc12. The van der Waals surface area contributed by atoms with Gasteiger partial charge in [0.05, 0.1) is 4.90 Å². The van der Waals surface area contributed by atoms with E-state index in [9.17, 15) is 23.2 Å². The van der Waals surface area contributed by atoms with Crippen LogP contribution in [0, 0.1) is 0 Å². The minimum absolute atomic E-state index is 0.0362. The lowest BCUT2D eigenvalue weighted by Crippen LogP contribution is -2.61. The number of hydrogen-bond donors (Lipinski definition) is 3. The molecular weight excluding hydrogens is 574 g/mol. The fourth-order valence-corrected chi connectivity index (χ4v) is 8.80. The van der Waals surface area contributed by atoms with Crippen LogP contribution in [-0.2, 0) is 19.6 Å². The predicted octanol–water partition coefficient (Wildman–Crippen LogP) is 6.84. The molecule has 230 valence electrons. The third-order valence-electron chi connectivity index (χ3n) is 7.93. The van der Waals surface area contributed by atoms with Gasteiger partial charge in [0.2, 0.25) is 15.9 Å². The second kappa shape index (κ2) is 14.2. The number of carbonyl (C=O) groups excluding carboxylic acids is 2. The number of amides is 2. The first-order valence-corrected chi connectivity index (χ1v) is 17.4. The van der Waals surface area contributed by atoms with E-state index in [0.29, 0.717) is 34.4 Å². The summed E-state index contributed by atoms with van der Waals surface area (Å²) in [5.74, 6) is -0.282. The average molecular weight is 618 g/mol. The summed E-state index contributed by atoms with van der Waals surface area (Å²) in [7, 11) is -4.07. The van der Waals surface area contributed by atoms with Crippen LogP contribution in [-0.4, -0.2) is 52.8 Å². The van der Waals surface area contributed by atoms with Crippen molar-refractivity contribution in [2.75, 3.05) is 17.6 Å². The molecule has 1 aliphatic heterocycles. The van der Waals surface area contributed by atoms with Crippen molar-refractivity contribution in [2.24, 2.45) is 0 Å². The number of rotatable bonds is 14. The normalized spacial score (nSPS) is 17.5. The van der Waals surface area contributed by atoms with Crippen molar-refractivity contribution < 1.29 is 27.6 Å². The molecular formula is C31H43N3O6S2. The molecule has 3 N–H and O–H groups in total. The van der Waals surface area contributed by atoms with Crippen molar-refractivity contribution in [2.45, 2.75) is 101 Å². The zero-order chi connectivity index (χ0) is 30.3. The van der Waals surface area contributed by atoms with Gasteiger partial charge in [-0.2, -0.15) is 16.1 Å².